The van der Waals surface area contributed by atoms with Crippen LogP contribution in [0.4, 0.5) is 4.79 Å². The van der Waals surface area contributed by atoms with Crippen molar-refractivity contribution in [2.75, 3.05) is 7.11 Å². The predicted molar refractivity (Wildman–Crippen MR) is 39.1 cm³/mol. The average molecular weight is 172 g/mol. The highest BCUT2D eigenvalue weighted by molar-refractivity contribution is 6.03. The molecule has 0 saturated heterocycles. The number of methoxy groups -OCH3 is 1. The van der Waals surface area contributed by atoms with E-state index in [0.29, 0.717) is 0 Å². The first-order chi connectivity index (χ1) is 5.63. The van der Waals surface area contributed by atoms with E-state index in [-0.39, 0.29) is 6.02 Å². The Bertz CT molecular complexity index is 249. The quantitative estimate of drug-likeness (QED) is 0.430. The molecule has 1 aliphatic rings. The summed E-state index contributed by atoms with van der Waals surface area (Å²) >= 11 is 0. The first kappa shape index (κ1) is 8.31. The summed E-state index contributed by atoms with van der Waals surface area (Å²) in [6.07, 6.45) is -0.975. The highest BCUT2D eigenvalue weighted by Gasteiger charge is 2.27. The second-order valence-corrected chi connectivity index (χ2v) is 2.04. The lowest BCUT2D eigenvalue weighted by Gasteiger charge is -2.02. The first-order valence-corrected chi connectivity index (χ1v) is 3.12. The number of urea groups is 1. The maximum Gasteiger partial charge on any atom is 0.314 e. The van der Waals surface area contributed by atoms with Crippen molar-refractivity contribution >= 4 is 18.0 Å². The topological polar surface area (TPSA) is 106 Å². The van der Waals surface area contributed by atoms with E-state index in [1.807, 2.05) is 0 Å². The number of hydrogen-bond acceptors (Lipinski definition) is 4. The zero-order valence-corrected chi connectivity index (χ0v) is 6.33. The van der Waals surface area contributed by atoms with Crippen molar-refractivity contribution in [3.8, 4) is 0 Å². The number of rotatable bonds is 1. The monoisotopic (exact) mass is 172 g/mol. The number of nitrogens with zero attached hydrogens (tertiary/aromatic N) is 1. The van der Waals surface area contributed by atoms with Crippen LogP contribution in [0.25, 0.3) is 0 Å². The largest absolute Gasteiger partial charge is 0.468 e. The molecule has 0 aliphatic carbocycles. The predicted octanol–water partition coefficient (Wildman–Crippen LogP) is -1.89. The number of nitrogens with one attached hydrogen (secondary N) is 2. The second kappa shape index (κ2) is 3.07. The van der Waals surface area contributed by atoms with Gasteiger partial charge in [-0.3, -0.25) is 10.1 Å². The molecule has 0 saturated carbocycles. The highest BCUT2D eigenvalue weighted by atomic mass is 16.5. The Balaban J connectivity index is 2.60. The Morgan fingerprint density at radius 2 is 2.50 bits per heavy atom. The summed E-state index contributed by atoms with van der Waals surface area (Å²) in [5.74, 6) is -0.467. The van der Waals surface area contributed by atoms with Gasteiger partial charge in [-0.15, -0.1) is 0 Å². The molecule has 0 bridgehead atoms. The van der Waals surface area contributed by atoms with Crippen LogP contribution in [-0.2, 0) is 9.53 Å². The Labute approximate surface area is 68.0 Å². The van der Waals surface area contributed by atoms with Gasteiger partial charge < -0.3 is 15.8 Å². The molecule has 7 heteroatoms. The van der Waals surface area contributed by atoms with Gasteiger partial charge in [-0.25, -0.2) is 4.79 Å². The number of carbonyl (C=O) groups excluding carboxylic acids is 2. The third-order valence-electron chi connectivity index (χ3n) is 1.20. The first-order valence-electron chi connectivity index (χ1n) is 3.12. The molecule has 1 aliphatic heterocycles. The third-order valence-corrected chi connectivity index (χ3v) is 1.20. The summed E-state index contributed by atoms with van der Waals surface area (Å²) in [7, 11) is 1.35. The lowest BCUT2D eigenvalue weighted by Crippen LogP contribution is -2.43. The number of aliphatic imine (C=N–C) groups is 1. The molecule has 0 aromatic rings. The van der Waals surface area contributed by atoms with Crippen molar-refractivity contribution in [1.82, 2.24) is 10.6 Å². The van der Waals surface area contributed by atoms with E-state index in [2.05, 4.69) is 20.4 Å². The van der Waals surface area contributed by atoms with Crippen LogP contribution >= 0.6 is 0 Å². The van der Waals surface area contributed by atoms with E-state index in [1.165, 1.54) is 7.11 Å². The Morgan fingerprint density at radius 1 is 1.83 bits per heavy atom. The lowest BCUT2D eigenvalue weighted by molar-refractivity contribution is -0.120. The van der Waals surface area contributed by atoms with Crippen LogP contribution in [0, 0.1) is 0 Å². The molecule has 0 radical (unpaired) electrons. The van der Waals surface area contributed by atoms with E-state index >= 15 is 0 Å². The number of amides is 3. The SMILES string of the molecule is COC1=NC(NC(N)=O)C(=O)N1. The van der Waals surface area contributed by atoms with Crippen LogP contribution < -0.4 is 16.4 Å². The van der Waals surface area contributed by atoms with Crippen LogP contribution in [-0.4, -0.2) is 31.2 Å². The van der Waals surface area contributed by atoms with E-state index in [1.54, 1.807) is 0 Å². The molecule has 1 atom stereocenters. The molecular formula is C5H8N4O3. The fourth-order valence-corrected chi connectivity index (χ4v) is 0.718. The van der Waals surface area contributed by atoms with E-state index in [0.717, 1.165) is 0 Å². The van der Waals surface area contributed by atoms with Gasteiger partial charge in [0.1, 0.15) is 0 Å². The molecule has 1 heterocycles. The van der Waals surface area contributed by atoms with Gasteiger partial charge in [-0.05, 0) is 0 Å². The molecule has 0 spiro atoms. The maximum absolute atomic E-state index is 10.9. The van der Waals surface area contributed by atoms with Crippen molar-refractivity contribution in [3.63, 3.8) is 0 Å². The number of ether oxygens (including phenoxy) is 1. The minimum Gasteiger partial charge on any atom is -0.468 e. The molecule has 1 rings (SSSR count). The molecule has 0 fully saturated rings. The molecule has 1 unspecified atom stereocenters. The minimum atomic E-state index is -0.975. The third kappa shape index (κ3) is 1.62. The molecule has 66 valence electrons. The van der Waals surface area contributed by atoms with Crippen molar-refractivity contribution in [2.24, 2.45) is 10.7 Å². The molecule has 0 aromatic heterocycles. The van der Waals surface area contributed by atoms with Crippen LogP contribution in [0.1, 0.15) is 0 Å². The van der Waals surface area contributed by atoms with Gasteiger partial charge in [-0.1, -0.05) is 0 Å². The van der Waals surface area contributed by atoms with Crippen molar-refractivity contribution in [2.45, 2.75) is 6.17 Å². The number of amidine groups is 1. The molecule has 7 nitrogen and oxygen atoms in total. The fourth-order valence-electron chi connectivity index (χ4n) is 0.718. The van der Waals surface area contributed by atoms with Gasteiger partial charge in [0, 0.05) is 0 Å². The molecule has 4 N–H and O–H groups in total. The van der Waals surface area contributed by atoms with Gasteiger partial charge in [0.05, 0.1) is 7.11 Å². The Hall–Kier alpha value is -1.79. The molecule has 0 aromatic carbocycles. The highest BCUT2D eigenvalue weighted by Crippen LogP contribution is 1.96. The summed E-state index contributed by atoms with van der Waals surface area (Å²) in [4.78, 5) is 24.9. The van der Waals surface area contributed by atoms with Gasteiger partial charge in [0.25, 0.3) is 11.9 Å². The zero-order chi connectivity index (χ0) is 9.14. The zero-order valence-electron chi connectivity index (χ0n) is 6.33. The maximum atomic E-state index is 10.9. The minimum absolute atomic E-state index is 0.0683. The van der Waals surface area contributed by atoms with Crippen LogP contribution in [0.3, 0.4) is 0 Å². The molecule has 3 amide bonds. The van der Waals surface area contributed by atoms with Crippen molar-refractivity contribution < 1.29 is 14.3 Å². The summed E-state index contributed by atoms with van der Waals surface area (Å²) in [5.41, 5.74) is 4.78. The standard InChI is InChI=1S/C5H8N4O3/c1-12-5-8-2(3(10)9-5)7-4(6)11/h2H,1H3,(H3,6,7,11)(H,8,9,10). The van der Waals surface area contributed by atoms with Gasteiger partial charge in [0.15, 0.2) is 0 Å². The van der Waals surface area contributed by atoms with Crippen LogP contribution in [0.15, 0.2) is 4.99 Å². The van der Waals surface area contributed by atoms with Gasteiger partial charge in [0.2, 0.25) is 6.17 Å². The number of carbonyl (C=O) groups is 2. The second-order valence-electron chi connectivity index (χ2n) is 2.04. The Kier molecular flexibility index (Phi) is 2.13. The van der Waals surface area contributed by atoms with Gasteiger partial charge in [-0.2, -0.15) is 4.99 Å². The van der Waals surface area contributed by atoms with E-state index in [4.69, 9.17) is 5.73 Å². The summed E-state index contributed by atoms with van der Waals surface area (Å²) in [5, 5.41) is 4.39. The van der Waals surface area contributed by atoms with Crippen LogP contribution in [0.5, 0.6) is 0 Å². The smallest absolute Gasteiger partial charge is 0.314 e. The summed E-state index contributed by atoms with van der Waals surface area (Å²) < 4.78 is 4.62. The average Bonchev–Trinajstić information content (AvgIpc) is 2.31. The normalized spacial score (nSPS) is 21.2. The summed E-state index contributed by atoms with van der Waals surface area (Å²) in [6.45, 7) is 0. The number of nitrogens with two attached hydrogens (primary N) is 1. The molecular weight excluding hydrogens is 164 g/mol. The molecule has 12 heavy (non-hydrogen) atoms. The van der Waals surface area contributed by atoms with E-state index < -0.39 is 18.1 Å². The fraction of sp³-hybridized carbons (Fsp3) is 0.400. The van der Waals surface area contributed by atoms with Crippen LogP contribution in [0.2, 0.25) is 0 Å². The van der Waals surface area contributed by atoms with E-state index in [9.17, 15) is 9.59 Å². The van der Waals surface area contributed by atoms with Crippen molar-refractivity contribution in [1.29, 1.82) is 0 Å². The number of hydrogen-bond donors (Lipinski definition) is 3. The van der Waals surface area contributed by atoms with Gasteiger partial charge >= 0.3 is 6.03 Å². The number of primary amides is 1. The summed E-state index contributed by atoms with van der Waals surface area (Å²) in [6, 6.07) is -0.741. The lowest BCUT2D eigenvalue weighted by atomic mass is 10.5. The Morgan fingerprint density at radius 3 is 2.92 bits per heavy atom. The van der Waals surface area contributed by atoms with Crippen molar-refractivity contribution in [3.05, 3.63) is 0 Å².